The minimum Gasteiger partial charge on any atom is -0.493 e. The minimum atomic E-state index is -0.583. The number of carbonyl (C=O) groups excluding carboxylic acids is 1. The van der Waals surface area contributed by atoms with Gasteiger partial charge in [0.1, 0.15) is 23.1 Å². The number of fused-ring (bicyclic) bond motifs is 1. The molecule has 1 aliphatic heterocycles. The summed E-state index contributed by atoms with van der Waals surface area (Å²) in [6, 6.07) is 19.8. The molecule has 1 atom stereocenters. The molecule has 0 saturated carbocycles. The lowest BCUT2D eigenvalue weighted by atomic mass is 9.83. The number of hydrogen-bond donors (Lipinski definition) is 1. The Labute approximate surface area is 226 Å². The summed E-state index contributed by atoms with van der Waals surface area (Å²) < 4.78 is 22.6. The van der Waals surface area contributed by atoms with Gasteiger partial charge in [-0.05, 0) is 47.4 Å². The average Bonchev–Trinajstić information content (AvgIpc) is 2.90. The third-order valence-electron chi connectivity index (χ3n) is 5.81. The van der Waals surface area contributed by atoms with E-state index >= 15 is 0 Å². The first-order valence-electron chi connectivity index (χ1n) is 12.0. The van der Waals surface area contributed by atoms with Crippen molar-refractivity contribution < 1.29 is 23.7 Å². The largest absolute Gasteiger partial charge is 0.493 e. The molecule has 3 aromatic rings. The summed E-state index contributed by atoms with van der Waals surface area (Å²) in [6.07, 6.45) is 2.87. The maximum Gasteiger partial charge on any atom is 0.336 e. The monoisotopic (exact) mass is 530 g/mol. The average molecular weight is 531 g/mol. The van der Waals surface area contributed by atoms with Crippen LogP contribution in [0.25, 0.3) is 6.08 Å². The first-order valence-corrected chi connectivity index (χ1v) is 12.3. The molecule has 0 saturated heterocycles. The van der Waals surface area contributed by atoms with E-state index in [0.29, 0.717) is 45.9 Å². The van der Waals surface area contributed by atoms with Crippen LogP contribution in [0.5, 0.6) is 23.0 Å². The Morgan fingerprint density at radius 1 is 1.16 bits per heavy atom. The number of rotatable bonds is 8. The fraction of sp³-hybridized carbons (Fsp3) is 0.200. The third-order valence-corrected chi connectivity index (χ3v) is 6.15. The Kier molecular flexibility index (Phi) is 8.25. The maximum absolute atomic E-state index is 12.4. The molecule has 7 nitrogen and oxygen atoms in total. The fourth-order valence-corrected chi connectivity index (χ4v) is 4.20. The van der Waals surface area contributed by atoms with E-state index in [1.54, 1.807) is 49.6 Å². The summed E-state index contributed by atoms with van der Waals surface area (Å²) >= 11 is 6.13. The van der Waals surface area contributed by atoms with Crippen LogP contribution < -0.4 is 24.7 Å². The zero-order valence-corrected chi connectivity index (χ0v) is 22.0. The molecule has 0 aromatic heterocycles. The first-order chi connectivity index (χ1) is 18.3. The van der Waals surface area contributed by atoms with Crippen molar-refractivity contribution in [2.75, 3.05) is 13.7 Å². The quantitative estimate of drug-likeness (QED) is 0.209. The Hall–Kier alpha value is -4.41. The van der Waals surface area contributed by atoms with Crippen molar-refractivity contribution in [3.05, 3.63) is 99.9 Å². The molecule has 8 heteroatoms. The Bertz CT molecular complexity index is 1460. The second-order valence-corrected chi connectivity index (χ2v) is 9.42. The van der Waals surface area contributed by atoms with E-state index in [-0.39, 0.29) is 17.2 Å². The number of nitriles is 1. The lowest BCUT2D eigenvalue weighted by molar-refractivity contribution is -0.128. The van der Waals surface area contributed by atoms with Gasteiger partial charge in [0, 0.05) is 22.7 Å². The van der Waals surface area contributed by atoms with Gasteiger partial charge in [0.15, 0.2) is 11.5 Å². The van der Waals surface area contributed by atoms with Crippen LogP contribution in [0.1, 0.15) is 36.5 Å². The van der Waals surface area contributed by atoms with Gasteiger partial charge in [0.05, 0.1) is 19.6 Å². The van der Waals surface area contributed by atoms with Crippen LogP contribution in [-0.2, 0) is 4.79 Å². The molecule has 2 N–H and O–H groups in total. The molecule has 1 unspecified atom stereocenters. The number of benzene rings is 3. The van der Waals surface area contributed by atoms with Gasteiger partial charge < -0.3 is 24.7 Å². The number of esters is 1. The first kappa shape index (κ1) is 26.6. The van der Waals surface area contributed by atoms with Gasteiger partial charge in [0.2, 0.25) is 5.88 Å². The fourth-order valence-electron chi connectivity index (χ4n) is 4.00. The number of ether oxygens (including phenoxy) is 4. The van der Waals surface area contributed by atoms with E-state index in [0.717, 1.165) is 5.56 Å². The molecular weight excluding hydrogens is 504 g/mol. The zero-order valence-electron chi connectivity index (χ0n) is 21.2. The van der Waals surface area contributed by atoms with E-state index in [9.17, 15) is 10.1 Å². The van der Waals surface area contributed by atoms with Crippen LogP contribution >= 0.6 is 11.6 Å². The summed E-state index contributed by atoms with van der Waals surface area (Å²) in [7, 11) is 1.56. The van der Waals surface area contributed by atoms with Crippen molar-refractivity contribution >= 4 is 23.6 Å². The number of hydrogen-bond acceptors (Lipinski definition) is 7. The number of allylic oxidation sites excluding steroid dienone is 1. The summed E-state index contributed by atoms with van der Waals surface area (Å²) in [5, 5.41) is 10.4. The van der Waals surface area contributed by atoms with Crippen molar-refractivity contribution in [2.45, 2.75) is 19.8 Å². The number of methoxy groups -OCH3 is 1. The smallest absolute Gasteiger partial charge is 0.336 e. The van der Waals surface area contributed by atoms with Gasteiger partial charge in [-0.15, -0.1) is 0 Å². The highest BCUT2D eigenvalue weighted by atomic mass is 35.5. The van der Waals surface area contributed by atoms with E-state index in [2.05, 4.69) is 19.9 Å². The van der Waals surface area contributed by atoms with Crippen LogP contribution in [0, 0.1) is 17.2 Å². The van der Waals surface area contributed by atoms with Gasteiger partial charge in [0.25, 0.3) is 0 Å². The normalized spacial score (nSPS) is 14.6. The molecule has 1 aliphatic rings. The summed E-state index contributed by atoms with van der Waals surface area (Å²) in [6.45, 7) is 4.67. The van der Waals surface area contributed by atoms with Crippen LogP contribution in [0.15, 0.2) is 78.2 Å². The minimum absolute atomic E-state index is 0.0220. The van der Waals surface area contributed by atoms with Gasteiger partial charge in [-0.1, -0.05) is 55.8 Å². The predicted octanol–water partition coefficient (Wildman–Crippen LogP) is 6.22. The second-order valence-electron chi connectivity index (χ2n) is 9.02. The molecule has 0 radical (unpaired) electrons. The highest BCUT2D eigenvalue weighted by molar-refractivity contribution is 6.32. The second kappa shape index (κ2) is 11.8. The van der Waals surface area contributed by atoms with Crippen molar-refractivity contribution in [3.8, 4) is 29.1 Å². The number of carbonyl (C=O) groups is 1. The number of nitrogens with zero attached hydrogens (tertiary/aromatic N) is 1. The van der Waals surface area contributed by atoms with E-state index < -0.39 is 11.9 Å². The molecule has 0 aliphatic carbocycles. The molecule has 0 amide bonds. The third kappa shape index (κ3) is 5.93. The van der Waals surface area contributed by atoms with Gasteiger partial charge in [-0.3, -0.25) is 0 Å². The van der Waals surface area contributed by atoms with Crippen LogP contribution in [0.2, 0.25) is 5.02 Å². The van der Waals surface area contributed by atoms with E-state index in [4.69, 9.17) is 36.3 Å². The zero-order chi connectivity index (χ0) is 27.2. The van der Waals surface area contributed by atoms with E-state index in [1.165, 1.54) is 6.08 Å². The molecule has 0 bridgehead atoms. The standard InChI is InChI=1S/C30H27ClN2O5/c1-18(2)17-36-25-12-8-20(14-27(25)35-3)29-22-11-10-21(15-26(22)38-30(33)23(29)16-32)37-28(34)13-9-19-6-4-5-7-24(19)31/h4-15,18,29H,17,33H2,1-3H3/b13-9+. The van der Waals surface area contributed by atoms with Gasteiger partial charge in [-0.2, -0.15) is 5.26 Å². The van der Waals surface area contributed by atoms with Crippen LogP contribution in [0.4, 0.5) is 0 Å². The van der Waals surface area contributed by atoms with Crippen LogP contribution in [0.3, 0.4) is 0 Å². The van der Waals surface area contributed by atoms with Crippen molar-refractivity contribution in [1.82, 2.24) is 0 Å². The number of nitrogens with two attached hydrogens (primary N) is 1. The molecule has 38 heavy (non-hydrogen) atoms. The van der Waals surface area contributed by atoms with Crippen molar-refractivity contribution in [2.24, 2.45) is 11.7 Å². The maximum atomic E-state index is 12.4. The lowest BCUT2D eigenvalue weighted by Gasteiger charge is -2.27. The Balaban J connectivity index is 1.62. The molecule has 0 fully saturated rings. The highest BCUT2D eigenvalue weighted by Gasteiger charge is 2.31. The summed E-state index contributed by atoms with van der Waals surface area (Å²) in [5.74, 6) is 1.03. The summed E-state index contributed by atoms with van der Waals surface area (Å²) in [4.78, 5) is 12.4. The number of halogens is 1. The summed E-state index contributed by atoms with van der Waals surface area (Å²) in [5.41, 5.74) is 8.57. The SMILES string of the molecule is COc1cc(C2C(C#N)=C(N)Oc3cc(OC(=O)/C=C/c4ccccc4Cl)ccc32)ccc1OCC(C)C. The Morgan fingerprint density at radius 2 is 1.95 bits per heavy atom. The topological polar surface area (TPSA) is 104 Å². The van der Waals surface area contributed by atoms with Gasteiger partial charge in [-0.25, -0.2) is 4.79 Å². The van der Waals surface area contributed by atoms with E-state index in [1.807, 2.05) is 24.3 Å². The molecule has 0 spiro atoms. The van der Waals surface area contributed by atoms with Crippen molar-refractivity contribution in [3.63, 3.8) is 0 Å². The van der Waals surface area contributed by atoms with Crippen molar-refractivity contribution in [1.29, 1.82) is 5.26 Å². The molecule has 1 heterocycles. The van der Waals surface area contributed by atoms with Crippen LogP contribution in [-0.4, -0.2) is 19.7 Å². The van der Waals surface area contributed by atoms with Gasteiger partial charge >= 0.3 is 5.97 Å². The molecular formula is C30H27ClN2O5. The highest BCUT2D eigenvalue weighted by Crippen LogP contribution is 2.45. The molecule has 194 valence electrons. The molecule has 4 rings (SSSR count). The Morgan fingerprint density at radius 3 is 2.66 bits per heavy atom. The predicted molar refractivity (Wildman–Crippen MR) is 145 cm³/mol. The molecule has 3 aromatic carbocycles. The lowest BCUT2D eigenvalue weighted by Crippen LogP contribution is -2.21.